The average molecular weight is 325 g/mol. The Balaban J connectivity index is 1.68. The topological polar surface area (TPSA) is 54.8 Å². The van der Waals surface area contributed by atoms with Crippen molar-refractivity contribution >= 4 is 27.4 Å². The van der Waals surface area contributed by atoms with E-state index in [0.717, 1.165) is 52.9 Å². The lowest BCUT2D eigenvalue weighted by molar-refractivity contribution is 0.617. The monoisotopic (exact) mass is 325 g/mol. The minimum Gasteiger partial charge on any atom is -0.346 e. The molecule has 0 saturated carbocycles. The number of aryl methyl sites for hydroxylation is 1. The van der Waals surface area contributed by atoms with Gasteiger partial charge in [0.15, 0.2) is 0 Å². The first-order chi connectivity index (χ1) is 11.1. The molecule has 0 unspecified atom stereocenters. The van der Waals surface area contributed by atoms with Gasteiger partial charge in [-0.25, -0.2) is 19.9 Å². The molecule has 0 spiro atoms. The number of anilines is 1. The summed E-state index contributed by atoms with van der Waals surface area (Å²) < 4.78 is 0. The number of nitrogens with zero attached hydrogens (tertiary/aromatic N) is 5. The molecule has 0 bridgehead atoms. The second-order valence-corrected chi connectivity index (χ2v) is 7.34. The third-order valence-corrected chi connectivity index (χ3v) is 4.82. The molecular formula is C17H19N5S. The van der Waals surface area contributed by atoms with Crippen LogP contribution in [0.25, 0.3) is 10.2 Å². The first kappa shape index (κ1) is 14.5. The van der Waals surface area contributed by atoms with Gasteiger partial charge >= 0.3 is 0 Å². The Morgan fingerprint density at radius 1 is 1.22 bits per heavy atom. The summed E-state index contributed by atoms with van der Waals surface area (Å²) in [5, 5.41) is 3.20. The van der Waals surface area contributed by atoms with Gasteiger partial charge in [-0.3, -0.25) is 0 Å². The number of fused-ring (bicyclic) bond motifs is 2. The largest absolute Gasteiger partial charge is 0.346 e. The van der Waals surface area contributed by atoms with E-state index in [2.05, 4.69) is 45.1 Å². The van der Waals surface area contributed by atoms with Crippen molar-refractivity contribution in [2.24, 2.45) is 5.92 Å². The standard InChI is InChI=1S/C17H19N5S/c1-10(2)6-15-18-7-12-8-22(9-14(12)21-15)16-13-4-5-23-17(13)20-11(3)19-16/h4-5,7,10H,6,8-9H2,1-3H3. The summed E-state index contributed by atoms with van der Waals surface area (Å²) in [5.41, 5.74) is 2.34. The summed E-state index contributed by atoms with van der Waals surface area (Å²) >= 11 is 1.66. The van der Waals surface area contributed by atoms with E-state index in [1.165, 1.54) is 5.56 Å². The quantitative estimate of drug-likeness (QED) is 0.737. The lowest BCUT2D eigenvalue weighted by Gasteiger charge is -2.17. The van der Waals surface area contributed by atoms with Crippen molar-refractivity contribution in [3.05, 3.63) is 40.5 Å². The van der Waals surface area contributed by atoms with Crippen LogP contribution in [0.15, 0.2) is 17.6 Å². The van der Waals surface area contributed by atoms with Crippen molar-refractivity contribution in [2.45, 2.75) is 40.3 Å². The highest BCUT2D eigenvalue weighted by Crippen LogP contribution is 2.32. The SMILES string of the molecule is Cc1nc(N2Cc3cnc(CC(C)C)nc3C2)c2ccsc2n1. The van der Waals surface area contributed by atoms with Crippen LogP contribution in [0.5, 0.6) is 0 Å². The molecule has 4 rings (SSSR count). The number of aromatic nitrogens is 4. The van der Waals surface area contributed by atoms with Gasteiger partial charge in [0.2, 0.25) is 0 Å². The molecule has 0 aliphatic carbocycles. The Morgan fingerprint density at radius 3 is 2.91 bits per heavy atom. The molecule has 1 aliphatic rings. The van der Waals surface area contributed by atoms with Gasteiger partial charge in [0, 0.05) is 24.7 Å². The Labute approximate surface area is 139 Å². The molecule has 0 N–H and O–H groups in total. The van der Waals surface area contributed by atoms with Crippen molar-refractivity contribution in [3.8, 4) is 0 Å². The lowest BCUT2D eigenvalue weighted by Crippen LogP contribution is -2.17. The molecule has 0 atom stereocenters. The zero-order valence-corrected chi connectivity index (χ0v) is 14.4. The fraction of sp³-hybridized carbons (Fsp3) is 0.412. The van der Waals surface area contributed by atoms with Crippen molar-refractivity contribution in [2.75, 3.05) is 4.90 Å². The number of thiophene rings is 1. The second kappa shape index (κ2) is 5.53. The van der Waals surface area contributed by atoms with E-state index in [1.54, 1.807) is 11.3 Å². The maximum Gasteiger partial charge on any atom is 0.141 e. The molecule has 1 aliphatic heterocycles. The Hall–Kier alpha value is -2.08. The minimum atomic E-state index is 0.570. The van der Waals surface area contributed by atoms with E-state index < -0.39 is 0 Å². The molecule has 5 nitrogen and oxygen atoms in total. The van der Waals surface area contributed by atoms with E-state index >= 15 is 0 Å². The summed E-state index contributed by atoms with van der Waals surface area (Å²) in [6.07, 6.45) is 2.91. The summed E-state index contributed by atoms with van der Waals surface area (Å²) in [4.78, 5) is 21.8. The number of hydrogen-bond acceptors (Lipinski definition) is 6. The fourth-order valence-corrected chi connectivity index (χ4v) is 3.80. The third-order valence-electron chi connectivity index (χ3n) is 4.01. The van der Waals surface area contributed by atoms with Crippen LogP contribution < -0.4 is 4.90 Å². The second-order valence-electron chi connectivity index (χ2n) is 6.45. The normalized spacial score (nSPS) is 14.0. The van der Waals surface area contributed by atoms with Crippen molar-refractivity contribution < 1.29 is 0 Å². The molecule has 3 aromatic rings. The van der Waals surface area contributed by atoms with E-state index in [-0.39, 0.29) is 0 Å². The molecule has 3 aromatic heterocycles. The molecular weight excluding hydrogens is 306 g/mol. The zero-order valence-electron chi connectivity index (χ0n) is 13.6. The lowest BCUT2D eigenvalue weighted by atomic mass is 10.1. The molecule has 0 radical (unpaired) electrons. The minimum absolute atomic E-state index is 0.570. The molecule has 0 saturated heterocycles. The van der Waals surface area contributed by atoms with Crippen LogP contribution in [-0.2, 0) is 19.5 Å². The third kappa shape index (κ3) is 2.67. The van der Waals surface area contributed by atoms with Crippen LogP contribution >= 0.6 is 11.3 Å². The predicted molar refractivity (Wildman–Crippen MR) is 92.6 cm³/mol. The molecule has 0 fully saturated rings. The van der Waals surface area contributed by atoms with Gasteiger partial charge in [-0.05, 0) is 24.3 Å². The van der Waals surface area contributed by atoms with Crippen molar-refractivity contribution in [1.29, 1.82) is 0 Å². The summed E-state index contributed by atoms with van der Waals surface area (Å²) in [7, 11) is 0. The van der Waals surface area contributed by atoms with Gasteiger partial charge in [-0.1, -0.05) is 13.8 Å². The van der Waals surface area contributed by atoms with Crippen molar-refractivity contribution in [1.82, 2.24) is 19.9 Å². The number of hydrogen-bond donors (Lipinski definition) is 0. The molecule has 118 valence electrons. The van der Waals surface area contributed by atoms with Gasteiger partial charge in [0.1, 0.15) is 22.3 Å². The van der Waals surface area contributed by atoms with Crippen molar-refractivity contribution in [3.63, 3.8) is 0 Å². The van der Waals surface area contributed by atoms with Crippen LogP contribution in [0, 0.1) is 12.8 Å². The van der Waals surface area contributed by atoms with Gasteiger partial charge in [-0.2, -0.15) is 0 Å². The molecule has 23 heavy (non-hydrogen) atoms. The highest BCUT2D eigenvalue weighted by molar-refractivity contribution is 7.16. The van der Waals surface area contributed by atoms with E-state index in [1.807, 2.05) is 13.1 Å². The van der Waals surface area contributed by atoms with Crippen LogP contribution in [0.2, 0.25) is 0 Å². The first-order valence-corrected chi connectivity index (χ1v) is 8.78. The average Bonchev–Trinajstić information content (AvgIpc) is 3.11. The first-order valence-electron chi connectivity index (χ1n) is 7.90. The zero-order chi connectivity index (χ0) is 16.0. The molecule has 4 heterocycles. The van der Waals surface area contributed by atoms with Gasteiger partial charge < -0.3 is 4.90 Å². The summed E-state index contributed by atoms with van der Waals surface area (Å²) in [6, 6.07) is 2.10. The predicted octanol–water partition coefficient (Wildman–Crippen LogP) is 3.51. The van der Waals surface area contributed by atoms with Gasteiger partial charge in [0.25, 0.3) is 0 Å². The highest BCUT2D eigenvalue weighted by atomic mass is 32.1. The summed E-state index contributed by atoms with van der Waals surface area (Å²) in [5.74, 6) is 3.34. The fourth-order valence-electron chi connectivity index (χ4n) is 2.99. The highest BCUT2D eigenvalue weighted by Gasteiger charge is 2.24. The molecule has 0 aromatic carbocycles. The van der Waals surface area contributed by atoms with Crippen LogP contribution in [0.3, 0.4) is 0 Å². The molecule has 6 heteroatoms. The maximum atomic E-state index is 4.77. The van der Waals surface area contributed by atoms with E-state index in [4.69, 9.17) is 4.98 Å². The number of rotatable bonds is 3. The van der Waals surface area contributed by atoms with Crippen LogP contribution in [0.1, 0.15) is 36.8 Å². The van der Waals surface area contributed by atoms with E-state index in [0.29, 0.717) is 5.92 Å². The summed E-state index contributed by atoms with van der Waals surface area (Å²) in [6.45, 7) is 7.95. The van der Waals surface area contributed by atoms with Crippen LogP contribution in [-0.4, -0.2) is 19.9 Å². The smallest absolute Gasteiger partial charge is 0.141 e. The van der Waals surface area contributed by atoms with E-state index in [9.17, 15) is 0 Å². The van der Waals surface area contributed by atoms with Gasteiger partial charge in [-0.15, -0.1) is 11.3 Å². The van der Waals surface area contributed by atoms with Gasteiger partial charge in [0.05, 0.1) is 17.6 Å². The molecule has 0 amide bonds. The Bertz CT molecular complexity index is 871. The van der Waals surface area contributed by atoms with Crippen LogP contribution in [0.4, 0.5) is 5.82 Å². The Kier molecular flexibility index (Phi) is 3.49. The Morgan fingerprint density at radius 2 is 2.09 bits per heavy atom. The maximum absolute atomic E-state index is 4.77.